The standard InChI is InChI=1S/C27H32ClN5O2S2/c1-6-33-23(14-35-21-10-8-18(28)11-16(21)2)31-32-26(33)36-15-24(34)30-25-20(13-29)19-9-7-17(27(3,4)5)12-22(19)37-25/h8,10-11,17H,6-7,9,12,14-15H2,1-5H3,(H,30,34). The number of amides is 1. The van der Waals surface area contributed by atoms with Crippen LogP contribution in [0.1, 0.15) is 61.5 Å². The smallest absolute Gasteiger partial charge is 0.235 e. The summed E-state index contributed by atoms with van der Waals surface area (Å²) in [5, 5.41) is 23.3. The predicted molar refractivity (Wildman–Crippen MR) is 150 cm³/mol. The maximum atomic E-state index is 12.8. The lowest BCUT2D eigenvalue weighted by Gasteiger charge is -2.33. The van der Waals surface area contributed by atoms with E-state index in [1.54, 1.807) is 17.4 Å². The molecular weight excluding hydrogens is 526 g/mol. The molecule has 37 heavy (non-hydrogen) atoms. The molecule has 1 amide bonds. The molecule has 0 aliphatic heterocycles. The van der Waals surface area contributed by atoms with Crippen LogP contribution in [0.3, 0.4) is 0 Å². The van der Waals surface area contributed by atoms with E-state index in [9.17, 15) is 10.1 Å². The Hall–Kier alpha value is -2.54. The van der Waals surface area contributed by atoms with Crippen LogP contribution in [-0.2, 0) is 30.8 Å². The molecule has 1 N–H and O–H groups in total. The Labute approximate surface area is 231 Å². The number of nitrogens with one attached hydrogen (secondary N) is 1. The average molecular weight is 558 g/mol. The van der Waals surface area contributed by atoms with Gasteiger partial charge in [-0.2, -0.15) is 5.26 Å². The van der Waals surface area contributed by atoms with E-state index in [2.05, 4.69) is 42.4 Å². The molecule has 0 fully saturated rings. The zero-order valence-corrected chi connectivity index (χ0v) is 24.2. The van der Waals surface area contributed by atoms with Crippen molar-refractivity contribution in [3.63, 3.8) is 0 Å². The molecular formula is C27H32ClN5O2S2. The molecule has 2 heterocycles. The van der Waals surface area contributed by atoms with E-state index in [0.29, 0.717) is 39.0 Å². The van der Waals surface area contributed by atoms with E-state index < -0.39 is 0 Å². The summed E-state index contributed by atoms with van der Waals surface area (Å²) in [6, 6.07) is 7.82. The molecule has 0 spiro atoms. The molecule has 1 aliphatic rings. The van der Waals surface area contributed by atoms with Gasteiger partial charge in [-0.05, 0) is 73.8 Å². The third kappa shape index (κ3) is 6.31. The Morgan fingerprint density at radius 1 is 1.38 bits per heavy atom. The minimum atomic E-state index is -0.160. The molecule has 2 aromatic heterocycles. The van der Waals surface area contributed by atoms with Crippen molar-refractivity contribution in [2.24, 2.45) is 11.3 Å². The van der Waals surface area contributed by atoms with E-state index in [1.165, 1.54) is 16.6 Å². The molecule has 0 bridgehead atoms. The Balaban J connectivity index is 1.38. The number of carbonyl (C=O) groups excluding carboxylic acids is 1. The van der Waals surface area contributed by atoms with Crippen LogP contribution in [0.5, 0.6) is 5.75 Å². The minimum absolute atomic E-state index is 0.160. The molecule has 4 rings (SSSR count). The number of aromatic nitrogens is 3. The van der Waals surface area contributed by atoms with Crippen molar-refractivity contribution < 1.29 is 9.53 Å². The van der Waals surface area contributed by atoms with Crippen molar-refractivity contribution in [1.82, 2.24) is 14.8 Å². The number of thiophene rings is 1. The number of thioether (sulfide) groups is 1. The van der Waals surface area contributed by atoms with Crippen molar-refractivity contribution in [3.05, 3.63) is 50.6 Å². The van der Waals surface area contributed by atoms with Gasteiger partial charge in [0.25, 0.3) is 0 Å². The first-order valence-corrected chi connectivity index (χ1v) is 14.6. The van der Waals surface area contributed by atoms with Crippen LogP contribution in [0.25, 0.3) is 0 Å². The SMILES string of the molecule is CCn1c(COc2ccc(Cl)cc2C)nnc1SCC(=O)Nc1sc2c(c1C#N)CCC(C(C)(C)C)C2. The predicted octanol–water partition coefficient (Wildman–Crippen LogP) is 6.65. The number of nitrogens with zero attached hydrogens (tertiary/aromatic N) is 4. The van der Waals surface area contributed by atoms with Gasteiger partial charge in [-0.25, -0.2) is 0 Å². The van der Waals surface area contributed by atoms with Crippen molar-refractivity contribution in [2.45, 2.75) is 72.2 Å². The normalized spacial score (nSPS) is 15.2. The Morgan fingerprint density at radius 3 is 2.84 bits per heavy atom. The van der Waals surface area contributed by atoms with Gasteiger partial charge in [-0.3, -0.25) is 4.79 Å². The molecule has 7 nitrogen and oxygen atoms in total. The van der Waals surface area contributed by atoms with Gasteiger partial charge in [0.2, 0.25) is 5.91 Å². The number of benzene rings is 1. The van der Waals surface area contributed by atoms with Gasteiger partial charge >= 0.3 is 0 Å². The Bertz CT molecular complexity index is 1340. The lowest BCUT2D eigenvalue weighted by molar-refractivity contribution is -0.113. The first-order chi connectivity index (χ1) is 17.6. The number of nitriles is 1. The number of halogens is 1. The first kappa shape index (κ1) is 27.5. The van der Waals surface area contributed by atoms with E-state index in [0.717, 1.165) is 36.1 Å². The second-order valence-electron chi connectivity index (χ2n) is 10.3. The van der Waals surface area contributed by atoms with Crippen LogP contribution >= 0.6 is 34.7 Å². The minimum Gasteiger partial charge on any atom is -0.485 e. The fraction of sp³-hybridized carbons (Fsp3) is 0.481. The number of hydrogen-bond acceptors (Lipinski definition) is 7. The summed E-state index contributed by atoms with van der Waals surface area (Å²) in [6.45, 7) is 11.7. The van der Waals surface area contributed by atoms with Crippen LogP contribution in [0.4, 0.5) is 5.00 Å². The number of carbonyl (C=O) groups is 1. The molecule has 1 aromatic carbocycles. The molecule has 1 aliphatic carbocycles. The van der Waals surface area contributed by atoms with Crippen LogP contribution in [0, 0.1) is 29.6 Å². The summed E-state index contributed by atoms with van der Waals surface area (Å²) in [5.41, 5.74) is 2.91. The molecule has 0 saturated heterocycles. The zero-order chi connectivity index (χ0) is 26.7. The van der Waals surface area contributed by atoms with Crippen molar-refractivity contribution in [2.75, 3.05) is 11.1 Å². The number of hydrogen-bond donors (Lipinski definition) is 1. The third-order valence-electron chi connectivity index (χ3n) is 6.79. The second-order valence-corrected chi connectivity index (χ2v) is 12.8. The Kier molecular flexibility index (Phi) is 8.52. The maximum Gasteiger partial charge on any atom is 0.235 e. The number of ether oxygens (including phenoxy) is 1. The second kappa shape index (κ2) is 11.5. The molecule has 1 unspecified atom stereocenters. The molecule has 0 radical (unpaired) electrons. The lowest BCUT2D eigenvalue weighted by atomic mass is 9.72. The summed E-state index contributed by atoms with van der Waals surface area (Å²) >= 11 is 8.91. The fourth-order valence-electron chi connectivity index (χ4n) is 4.59. The maximum absolute atomic E-state index is 12.8. The summed E-state index contributed by atoms with van der Waals surface area (Å²) in [4.78, 5) is 14.1. The highest BCUT2D eigenvalue weighted by molar-refractivity contribution is 7.99. The Morgan fingerprint density at radius 2 is 2.16 bits per heavy atom. The monoisotopic (exact) mass is 557 g/mol. The van der Waals surface area contributed by atoms with Crippen LogP contribution in [0.15, 0.2) is 23.4 Å². The average Bonchev–Trinajstić information content (AvgIpc) is 3.40. The van der Waals surface area contributed by atoms with Gasteiger partial charge in [0, 0.05) is 16.4 Å². The molecule has 1 atom stereocenters. The fourth-order valence-corrected chi connectivity index (χ4v) is 6.93. The highest BCUT2D eigenvalue weighted by Crippen LogP contribution is 2.44. The topological polar surface area (TPSA) is 92.8 Å². The van der Waals surface area contributed by atoms with Crippen molar-refractivity contribution >= 4 is 45.6 Å². The molecule has 3 aromatic rings. The van der Waals surface area contributed by atoms with Crippen LogP contribution in [-0.4, -0.2) is 26.4 Å². The van der Waals surface area contributed by atoms with Gasteiger partial charge in [0.1, 0.15) is 23.4 Å². The zero-order valence-electron chi connectivity index (χ0n) is 21.9. The van der Waals surface area contributed by atoms with E-state index in [-0.39, 0.29) is 23.7 Å². The number of aryl methyl sites for hydroxylation is 1. The van der Waals surface area contributed by atoms with Crippen LogP contribution in [0.2, 0.25) is 5.02 Å². The van der Waals surface area contributed by atoms with Crippen molar-refractivity contribution in [3.8, 4) is 11.8 Å². The summed E-state index contributed by atoms with van der Waals surface area (Å²) in [6.07, 6.45) is 2.92. The highest BCUT2D eigenvalue weighted by atomic mass is 35.5. The first-order valence-electron chi connectivity index (χ1n) is 12.4. The van der Waals surface area contributed by atoms with E-state index in [1.807, 2.05) is 30.5 Å². The van der Waals surface area contributed by atoms with E-state index in [4.69, 9.17) is 16.3 Å². The lowest BCUT2D eigenvalue weighted by Crippen LogP contribution is -2.26. The van der Waals surface area contributed by atoms with Gasteiger partial charge in [0.15, 0.2) is 11.0 Å². The van der Waals surface area contributed by atoms with Crippen LogP contribution < -0.4 is 10.1 Å². The quantitative estimate of drug-likeness (QED) is 0.311. The summed E-state index contributed by atoms with van der Waals surface area (Å²) in [5.74, 6) is 2.02. The van der Waals surface area contributed by atoms with Gasteiger partial charge in [-0.15, -0.1) is 21.5 Å². The number of fused-ring (bicyclic) bond motifs is 1. The summed E-state index contributed by atoms with van der Waals surface area (Å²) < 4.78 is 7.88. The van der Waals surface area contributed by atoms with Gasteiger partial charge < -0.3 is 14.6 Å². The van der Waals surface area contributed by atoms with E-state index >= 15 is 0 Å². The number of anilines is 1. The van der Waals surface area contributed by atoms with Gasteiger partial charge in [-0.1, -0.05) is 44.1 Å². The molecule has 196 valence electrons. The van der Waals surface area contributed by atoms with Crippen molar-refractivity contribution in [1.29, 1.82) is 5.26 Å². The third-order valence-corrected chi connectivity index (χ3v) is 9.16. The summed E-state index contributed by atoms with van der Waals surface area (Å²) in [7, 11) is 0. The largest absolute Gasteiger partial charge is 0.485 e. The molecule has 0 saturated carbocycles. The molecule has 10 heteroatoms. The number of rotatable bonds is 8. The highest BCUT2D eigenvalue weighted by Gasteiger charge is 2.32. The van der Waals surface area contributed by atoms with Gasteiger partial charge in [0.05, 0.1) is 11.3 Å².